The molecule has 0 aromatic carbocycles. The molecule has 2 aliphatic rings. The molecule has 1 aliphatic heterocycles. The predicted molar refractivity (Wildman–Crippen MR) is 91.6 cm³/mol. The molecule has 0 bridgehead atoms. The van der Waals surface area contributed by atoms with Gasteiger partial charge in [0.1, 0.15) is 0 Å². The molecule has 1 saturated carbocycles. The molecule has 0 aromatic heterocycles. The van der Waals surface area contributed by atoms with Crippen molar-refractivity contribution in [2.45, 2.75) is 64.1 Å². The summed E-state index contributed by atoms with van der Waals surface area (Å²) in [6, 6.07) is -0.331. The lowest BCUT2D eigenvalue weighted by molar-refractivity contribution is -0.130. The van der Waals surface area contributed by atoms with Crippen molar-refractivity contribution < 1.29 is 13.2 Å². The van der Waals surface area contributed by atoms with Gasteiger partial charge in [0, 0.05) is 32.7 Å². The van der Waals surface area contributed by atoms with Gasteiger partial charge in [-0.1, -0.05) is 13.8 Å². The summed E-state index contributed by atoms with van der Waals surface area (Å²) < 4.78 is 26.5. The van der Waals surface area contributed by atoms with Crippen LogP contribution >= 0.6 is 0 Å². The van der Waals surface area contributed by atoms with E-state index in [9.17, 15) is 13.2 Å². The summed E-state index contributed by atoms with van der Waals surface area (Å²) in [4.78, 5) is 13.7. The first kappa shape index (κ1) is 18.7. The van der Waals surface area contributed by atoms with Crippen molar-refractivity contribution in [3.05, 3.63) is 0 Å². The maximum atomic E-state index is 12.4. The van der Waals surface area contributed by atoms with Gasteiger partial charge in [-0.3, -0.25) is 4.79 Å². The average Bonchev–Trinajstić information content (AvgIpc) is 2.87. The van der Waals surface area contributed by atoms with Crippen molar-refractivity contribution in [1.29, 1.82) is 0 Å². The summed E-state index contributed by atoms with van der Waals surface area (Å²) >= 11 is 0. The molecule has 1 heterocycles. The summed E-state index contributed by atoms with van der Waals surface area (Å²) in [5.74, 6) is 0.0192. The molecule has 6 nitrogen and oxygen atoms in total. The highest BCUT2D eigenvalue weighted by Crippen LogP contribution is 2.38. The van der Waals surface area contributed by atoms with E-state index in [1.54, 1.807) is 23.3 Å². The molecule has 2 atom stereocenters. The average molecular weight is 346 g/mol. The molecule has 7 heteroatoms. The minimum absolute atomic E-state index is 0.0192. The predicted octanol–water partition coefficient (Wildman–Crippen LogP) is 1.04. The van der Waals surface area contributed by atoms with Crippen molar-refractivity contribution in [1.82, 2.24) is 14.5 Å². The smallest absolute Gasteiger partial charge is 0.239 e. The highest BCUT2D eigenvalue weighted by atomic mass is 32.2. The van der Waals surface area contributed by atoms with Crippen LogP contribution in [0.25, 0.3) is 0 Å². The summed E-state index contributed by atoms with van der Waals surface area (Å²) in [5, 5.41) is 3.20. The highest BCUT2D eigenvalue weighted by Gasteiger charge is 2.42. The molecule has 2 fully saturated rings. The number of sulfonamides is 1. The van der Waals surface area contributed by atoms with Gasteiger partial charge in [-0.25, -0.2) is 8.42 Å². The van der Waals surface area contributed by atoms with Crippen molar-refractivity contribution in [2.24, 2.45) is 5.41 Å². The minimum Gasteiger partial charge on any atom is -0.347 e. The quantitative estimate of drug-likeness (QED) is 0.826. The molecule has 1 amide bonds. The van der Waals surface area contributed by atoms with E-state index in [0.29, 0.717) is 18.4 Å². The fraction of sp³-hybridized carbons (Fsp3) is 0.938. The summed E-state index contributed by atoms with van der Waals surface area (Å²) in [6.45, 7) is 5.05. The van der Waals surface area contributed by atoms with Crippen LogP contribution in [0.2, 0.25) is 0 Å². The molecule has 23 heavy (non-hydrogen) atoms. The number of likely N-dealkylation sites (N-methyl/N-ethyl adjacent to an activating group) is 1. The van der Waals surface area contributed by atoms with Gasteiger partial charge >= 0.3 is 0 Å². The number of nitrogens with zero attached hydrogens (tertiary/aromatic N) is 2. The zero-order valence-corrected chi connectivity index (χ0v) is 15.8. The van der Waals surface area contributed by atoms with Gasteiger partial charge in [0.25, 0.3) is 0 Å². The first-order chi connectivity index (χ1) is 10.5. The van der Waals surface area contributed by atoms with Crippen LogP contribution in [0.4, 0.5) is 0 Å². The molecule has 0 unspecified atom stereocenters. The molecular formula is C16H31N3O3S. The normalized spacial score (nSPS) is 29.0. The van der Waals surface area contributed by atoms with Crippen molar-refractivity contribution in [2.75, 3.05) is 26.9 Å². The number of rotatable bonds is 4. The zero-order chi connectivity index (χ0) is 17.4. The molecule has 1 aliphatic carbocycles. The molecule has 1 saturated heterocycles. The second kappa shape index (κ2) is 6.69. The number of amides is 1. The monoisotopic (exact) mass is 345 g/mol. The number of hydrogen-bond acceptors (Lipinski definition) is 4. The third kappa shape index (κ3) is 4.45. The lowest BCUT2D eigenvalue weighted by Crippen LogP contribution is -2.49. The zero-order valence-electron chi connectivity index (χ0n) is 15.0. The van der Waals surface area contributed by atoms with E-state index in [4.69, 9.17) is 0 Å². The van der Waals surface area contributed by atoms with E-state index in [1.165, 1.54) is 6.26 Å². The van der Waals surface area contributed by atoms with E-state index in [1.807, 2.05) is 0 Å². The van der Waals surface area contributed by atoms with Crippen LogP contribution in [0.5, 0.6) is 0 Å². The van der Waals surface area contributed by atoms with E-state index in [0.717, 1.165) is 25.7 Å². The second-order valence-electron chi connectivity index (χ2n) is 8.07. The number of carbonyl (C=O) groups is 1. The van der Waals surface area contributed by atoms with Crippen LogP contribution in [0.3, 0.4) is 0 Å². The Labute approximate surface area is 140 Å². The van der Waals surface area contributed by atoms with Gasteiger partial charge in [-0.2, -0.15) is 4.31 Å². The second-order valence-corrected chi connectivity index (χ2v) is 9.96. The fourth-order valence-corrected chi connectivity index (χ4v) is 5.34. The van der Waals surface area contributed by atoms with Gasteiger partial charge in [-0.15, -0.1) is 0 Å². The summed E-state index contributed by atoms with van der Waals surface area (Å²) in [5.41, 5.74) is 0.303. The Balaban J connectivity index is 2.11. The van der Waals surface area contributed by atoms with Crippen LogP contribution < -0.4 is 5.32 Å². The van der Waals surface area contributed by atoms with Crippen LogP contribution in [-0.2, 0) is 14.8 Å². The highest BCUT2D eigenvalue weighted by molar-refractivity contribution is 7.88. The standard InChI is InChI=1S/C16H31N3O3S/c1-16(2)8-6-12(7-9-16)19(23(5,21)22)13-10-14(17-11-13)15(20)18(3)4/h12-14,17H,6-11H2,1-5H3/t13-,14-/m0/s1. The van der Waals surface area contributed by atoms with Crippen LogP contribution in [0.1, 0.15) is 46.0 Å². The summed E-state index contributed by atoms with van der Waals surface area (Å²) in [7, 11) is 0.176. The molecule has 2 rings (SSSR count). The molecule has 1 N–H and O–H groups in total. The first-order valence-electron chi connectivity index (χ1n) is 8.44. The molecule has 0 radical (unpaired) electrons. The van der Waals surface area contributed by atoms with Crippen LogP contribution in [0.15, 0.2) is 0 Å². The molecule has 0 spiro atoms. The van der Waals surface area contributed by atoms with E-state index < -0.39 is 10.0 Å². The molecular weight excluding hydrogens is 314 g/mol. The lowest BCUT2D eigenvalue weighted by Gasteiger charge is -2.41. The Bertz CT molecular complexity index is 535. The van der Waals surface area contributed by atoms with Gasteiger partial charge in [0.15, 0.2) is 0 Å². The number of carbonyl (C=O) groups excluding carboxylic acids is 1. The maximum Gasteiger partial charge on any atom is 0.239 e. The third-order valence-corrected chi connectivity index (χ3v) is 6.62. The van der Waals surface area contributed by atoms with E-state index in [-0.39, 0.29) is 24.0 Å². The van der Waals surface area contributed by atoms with Gasteiger partial charge in [0.05, 0.1) is 12.3 Å². The first-order valence-corrected chi connectivity index (χ1v) is 10.3. The number of nitrogens with one attached hydrogen (secondary N) is 1. The topological polar surface area (TPSA) is 69.7 Å². The van der Waals surface area contributed by atoms with Crippen molar-refractivity contribution in [3.63, 3.8) is 0 Å². The lowest BCUT2D eigenvalue weighted by atomic mass is 9.75. The van der Waals surface area contributed by atoms with E-state index >= 15 is 0 Å². The Morgan fingerprint density at radius 1 is 1.13 bits per heavy atom. The Morgan fingerprint density at radius 3 is 2.17 bits per heavy atom. The minimum atomic E-state index is -3.29. The van der Waals surface area contributed by atoms with Gasteiger partial charge in [0.2, 0.25) is 15.9 Å². The van der Waals surface area contributed by atoms with E-state index in [2.05, 4.69) is 19.2 Å². The molecule has 0 aromatic rings. The van der Waals surface area contributed by atoms with Gasteiger partial charge < -0.3 is 10.2 Å². The Kier molecular flexibility index (Phi) is 5.43. The Hall–Kier alpha value is -0.660. The number of hydrogen-bond donors (Lipinski definition) is 1. The van der Waals surface area contributed by atoms with Gasteiger partial charge in [-0.05, 0) is 37.5 Å². The van der Waals surface area contributed by atoms with Crippen LogP contribution in [0, 0.1) is 5.41 Å². The van der Waals surface area contributed by atoms with Crippen LogP contribution in [-0.4, -0.2) is 68.6 Å². The maximum absolute atomic E-state index is 12.4. The van der Waals surface area contributed by atoms with Crippen molar-refractivity contribution >= 4 is 15.9 Å². The van der Waals surface area contributed by atoms with Crippen molar-refractivity contribution in [3.8, 4) is 0 Å². The third-order valence-electron chi connectivity index (χ3n) is 5.26. The Morgan fingerprint density at radius 2 is 1.70 bits per heavy atom. The largest absolute Gasteiger partial charge is 0.347 e. The summed E-state index contributed by atoms with van der Waals surface area (Å²) in [6.07, 6.45) is 5.76. The molecule has 134 valence electrons. The SMILES string of the molecule is CN(C)C(=O)[C@@H]1C[C@H](N(C2CCC(C)(C)CC2)S(C)(=O)=O)CN1. The fourth-order valence-electron chi connectivity index (χ4n) is 3.89.